The lowest BCUT2D eigenvalue weighted by molar-refractivity contribution is -0.149. The fraction of sp³-hybridized carbons (Fsp3) is 0.321. The van der Waals surface area contributed by atoms with Crippen molar-refractivity contribution < 1.29 is 19.4 Å². The van der Waals surface area contributed by atoms with Gasteiger partial charge in [0.2, 0.25) is 0 Å². The monoisotopic (exact) mass is 445 g/mol. The molecule has 5 nitrogen and oxygen atoms in total. The molecule has 0 bridgehead atoms. The fourth-order valence-electron chi connectivity index (χ4n) is 4.42. The van der Waals surface area contributed by atoms with Gasteiger partial charge in [-0.2, -0.15) is 0 Å². The number of hydrogen-bond acceptors (Lipinski definition) is 4. The highest BCUT2D eigenvalue weighted by Crippen LogP contribution is 2.34. The molecule has 1 unspecified atom stereocenters. The summed E-state index contributed by atoms with van der Waals surface area (Å²) in [6, 6.07) is 24.9. The quantitative estimate of drug-likeness (QED) is 0.476. The number of anilines is 2. The predicted molar refractivity (Wildman–Crippen MR) is 131 cm³/mol. The molecule has 0 radical (unpaired) electrons. The minimum atomic E-state index is -0.939. The Labute approximate surface area is 195 Å². The summed E-state index contributed by atoms with van der Waals surface area (Å²) in [5.41, 5.74) is 6.16. The average molecular weight is 446 g/mol. The van der Waals surface area contributed by atoms with Gasteiger partial charge in [-0.15, -0.1) is 0 Å². The summed E-state index contributed by atoms with van der Waals surface area (Å²) in [6.07, 6.45) is 2.81. The summed E-state index contributed by atoms with van der Waals surface area (Å²) < 4.78 is 11.4. The molecule has 0 fully saturated rings. The Morgan fingerprint density at radius 1 is 0.939 bits per heavy atom. The molecule has 4 rings (SSSR count). The number of para-hydroxylation sites is 2. The number of fused-ring (bicyclic) bond motifs is 2. The molecule has 172 valence electrons. The molecular weight excluding hydrogens is 414 g/mol. The van der Waals surface area contributed by atoms with Gasteiger partial charge in [0.05, 0.1) is 6.54 Å². The van der Waals surface area contributed by atoms with Crippen molar-refractivity contribution in [3.63, 3.8) is 0 Å². The molecule has 5 heteroatoms. The Bertz CT molecular complexity index is 1020. The molecule has 1 heterocycles. The standard InChI is InChI=1S/C28H31NO4/c1-2-32-27(28(30)31)20-21-14-16-24(17-15-21)33-19-18-29-25-12-5-3-8-22(25)10-7-11-23-9-4-6-13-26(23)29/h3-6,8-9,12-17,27H,2,7,10-11,18-20H2,1H3,(H,30,31). The van der Waals surface area contributed by atoms with Crippen molar-refractivity contribution >= 4 is 17.3 Å². The maximum Gasteiger partial charge on any atom is 0.333 e. The Morgan fingerprint density at radius 3 is 2.12 bits per heavy atom. The normalized spacial score (nSPS) is 13.9. The van der Waals surface area contributed by atoms with Gasteiger partial charge in [-0.3, -0.25) is 0 Å². The highest BCUT2D eigenvalue weighted by atomic mass is 16.5. The van der Waals surface area contributed by atoms with Gasteiger partial charge in [0.25, 0.3) is 0 Å². The zero-order valence-electron chi connectivity index (χ0n) is 19.1. The second-order valence-electron chi connectivity index (χ2n) is 8.24. The van der Waals surface area contributed by atoms with Crippen molar-refractivity contribution in [2.45, 2.75) is 38.7 Å². The molecule has 1 aliphatic heterocycles. The highest BCUT2D eigenvalue weighted by molar-refractivity contribution is 5.72. The third kappa shape index (κ3) is 5.74. The van der Waals surface area contributed by atoms with Gasteiger partial charge in [0, 0.05) is 24.4 Å². The molecular formula is C28H31NO4. The van der Waals surface area contributed by atoms with E-state index in [-0.39, 0.29) is 0 Å². The Morgan fingerprint density at radius 2 is 1.55 bits per heavy atom. The van der Waals surface area contributed by atoms with E-state index in [0.29, 0.717) is 19.6 Å². The Hall–Kier alpha value is -3.31. The molecule has 1 N–H and O–H groups in total. The van der Waals surface area contributed by atoms with Crippen LogP contribution in [-0.4, -0.2) is 36.9 Å². The smallest absolute Gasteiger partial charge is 0.333 e. The van der Waals surface area contributed by atoms with E-state index in [0.717, 1.165) is 37.1 Å². The van der Waals surface area contributed by atoms with E-state index < -0.39 is 12.1 Å². The van der Waals surface area contributed by atoms with Crippen LogP contribution < -0.4 is 9.64 Å². The topological polar surface area (TPSA) is 59.0 Å². The van der Waals surface area contributed by atoms with E-state index in [4.69, 9.17) is 9.47 Å². The van der Waals surface area contributed by atoms with Crippen molar-refractivity contribution in [3.05, 3.63) is 89.5 Å². The van der Waals surface area contributed by atoms with Crippen LogP contribution in [0.15, 0.2) is 72.8 Å². The molecule has 0 spiro atoms. The van der Waals surface area contributed by atoms with E-state index in [1.165, 1.54) is 22.5 Å². The predicted octanol–water partition coefficient (Wildman–Crippen LogP) is 5.42. The zero-order valence-corrected chi connectivity index (χ0v) is 19.1. The van der Waals surface area contributed by atoms with E-state index >= 15 is 0 Å². The fourth-order valence-corrected chi connectivity index (χ4v) is 4.42. The molecule has 0 aliphatic carbocycles. The van der Waals surface area contributed by atoms with Crippen LogP contribution in [0.3, 0.4) is 0 Å². The van der Waals surface area contributed by atoms with E-state index in [9.17, 15) is 9.90 Å². The maximum absolute atomic E-state index is 11.3. The molecule has 33 heavy (non-hydrogen) atoms. The first-order chi connectivity index (χ1) is 16.2. The van der Waals surface area contributed by atoms with Crippen LogP contribution in [-0.2, 0) is 28.8 Å². The first kappa shape index (κ1) is 22.9. The summed E-state index contributed by atoms with van der Waals surface area (Å²) in [4.78, 5) is 13.7. The number of aryl methyl sites for hydroxylation is 2. The van der Waals surface area contributed by atoms with Gasteiger partial charge in [-0.1, -0.05) is 48.5 Å². The number of carboxylic acid groups (broad SMARTS) is 1. The number of hydrogen-bond donors (Lipinski definition) is 1. The first-order valence-electron chi connectivity index (χ1n) is 11.6. The third-order valence-electron chi connectivity index (χ3n) is 6.03. The number of nitrogens with zero attached hydrogens (tertiary/aromatic N) is 1. The van der Waals surface area contributed by atoms with Gasteiger partial charge in [0.1, 0.15) is 12.4 Å². The van der Waals surface area contributed by atoms with Crippen LogP contribution in [0.25, 0.3) is 0 Å². The van der Waals surface area contributed by atoms with E-state index in [1.54, 1.807) is 6.92 Å². The first-order valence-corrected chi connectivity index (χ1v) is 11.6. The number of rotatable bonds is 9. The molecule has 0 saturated carbocycles. The minimum absolute atomic E-state index is 0.338. The summed E-state index contributed by atoms with van der Waals surface area (Å²) in [5, 5.41) is 9.28. The van der Waals surface area contributed by atoms with Crippen LogP contribution in [0, 0.1) is 0 Å². The largest absolute Gasteiger partial charge is 0.492 e. The molecule has 0 amide bonds. The summed E-state index contributed by atoms with van der Waals surface area (Å²) in [6.45, 7) is 3.45. The van der Waals surface area contributed by atoms with Crippen molar-refractivity contribution in [2.75, 3.05) is 24.7 Å². The van der Waals surface area contributed by atoms with Crippen LogP contribution in [0.5, 0.6) is 5.75 Å². The number of carbonyl (C=O) groups is 1. The minimum Gasteiger partial charge on any atom is -0.492 e. The van der Waals surface area contributed by atoms with Crippen molar-refractivity contribution in [1.29, 1.82) is 0 Å². The Balaban J connectivity index is 1.44. The number of carboxylic acids is 1. The SMILES string of the molecule is CCOC(Cc1ccc(OCCN2c3ccccc3CCCc3ccccc32)cc1)C(=O)O. The maximum atomic E-state index is 11.3. The van der Waals surface area contributed by atoms with Gasteiger partial charge >= 0.3 is 5.97 Å². The molecule has 1 atom stereocenters. The van der Waals surface area contributed by atoms with Crippen LogP contribution >= 0.6 is 0 Å². The van der Waals surface area contributed by atoms with Crippen molar-refractivity contribution in [1.82, 2.24) is 0 Å². The van der Waals surface area contributed by atoms with Crippen LogP contribution in [0.1, 0.15) is 30.0 Å². The second-order valence-corrected chi connectivity index (χ2v) is 8.24. The molecule has 0 aromatic heterocycles. The van der Waals surface area contributed by atoms with Gasteiger partial charge in [-0.25, -0.2) is 4.79 Å². The molecule has 3 aromatic rings. The number of benzene rings is 3. The summed E-state index contributed by atoms with van der Waals surface area (Å²) in [7, 11) is 0. The number of aliphatic carboxylic acids is 1. The van der Waals surface area contributed by atoms with Gasteiger partial charge < -0.3 is 19.5 Å². The molecule has 0 saturated heterocycles. The third-order valence-corrected chi connectivity index (χ3v) is 6.03. The number of ether oxygens (including phenoxy) is 2. The Kier molecular flexibility index (Phi) is 7.63. The lowest BCUT2D eigenvalue weighted by Crippen LogP contribution is -2.26. The summed E-state index contributed by atoms with van der Waals surface area (Å²) >= 11 is 0. The molecule has 3 aromatic carbocycles. The van der Waals surface area contributed by atoms with Gasteiger partial charge in [-0.05, 0) is 67.1 Å². The zero-order chi connectivity index (χ0) is 23.0. The second kappa shape index (κ2) is 11.0. The highest BCUT2D eigenvalue weighted by Gasteiger charge is 2.19. The lowest BCUT2D eigenvalue weighted by atomic mass is 9.97. The lowest BCUT2D eigenvalue weighted by Gasteiger charge is -2.31. The van der Waals surface area contributed by atoms with Gasteiger partial charge in [0.15, 0.2) is 6.10 Å². The summed E-state index contributed by atoms with van der Waals surface area (Å²) in [5.74, 6) is -0.165. The van der Waals surface area contributed by atoms with E-state index in [2.05, 4.69) is 53.4 Å². The van der Waals surface area contributed by atoms with Crippen molar-refractivity contribution in [2.24, 2.45) is 0 Å². The average Bonchev–Trinajstić information content (AvgIpc) is 2.82. The molecule has 1 aliphatic rings. The van der Waals surface area contributed by atoms with Crippen LogP contribution in [0.2, 0.25) is 0 Å². The van der Waals surface area contributed by atoms with E-state index in [1.807, 2.05) is 24.3 Å². The van der Waals surface area contributed by atoms with Crippen molar-refractivity contribution in [3.8, 4) is 5.75 Å². The van der Waals surface area contributed by atoms with Crippen LogP contribution in [0.4, 0.5) is 11.4 Å².